The van der Waals surface area contributed by atoms with E-state index >= 15 is 0 Å². The second-order valence-corrected chi connectivity index (χ2v) is 7.63. The summed E-state index contributed by atoms with van der Waals surface area (Å²) in [6.07, 6.45) is 0. The highest BCUT2D eigenvalue weighted by Crippen LogP contribution is 2.37. The summed E-state index contributed by atoms with van der Waals surface area (Å²) in [5.41, 5.74) is 2.07. The van der Waals surface area contributed by atoms with E-state index in [1.807, 2.05) is 30.3 Å². The van der Waals surface area contributed by atoms with Gasteiger partial charge in [0.15, 0.2) is 0 Å². The normalized spacial score (nSPS) is 16.2. The van der Waals surface area contributed by atoms with Crippen LogP contribution in [0.3, 0.4) is 0 Å². The van der Waals surface area contributed by atoms with Gasteiger partial charge in [0.05, 0.1) is 25.1 Å². The maximum absolute atomic E-state index is 11.4. The summed E-state index contributed by atoms with van der Waals surface area (Å²) in [7, 11) is 0. The molecule has 0 spiro atoms. The molecule has 0 amide bonds. The van der Waals surface area contributed by atoms with Crippen LogP contribution in [0.1, 0.15) is 12.7 Å². The maximum Gasteiger partial charge on any atom is 0.325 e. The third kappa shape index (κ3) is 3.99. The maximum atomic E-state index is 11.4. The minimum absolute atomic E-state index is 0.572. The zero-order valence-corrected chi connectivity index (χ0v) is 16.4. The van der Waals surface area contributed by atoms with E-state index in [9.17, 15) is 9.90 Å². The van der Waals surface area contributed by atoms with Crippen LogP contribution in [0.4, 0.5) is 5.82 Å². The van der Waals surface area contributed by atoms with E-state index in [-0.39, 0.29) is 0 Å². The Hall–Kier alpha value is -2.55. The summed E-state index contributed by atoms with van der Waals surface area (Å²) < 4.78 is 5.40. The zero-order chi connectivity index (χ0) is 19.5. The number of aromatic nitrogens is 2. The zero-order valence-electron chi connectivity index (χ0n) is 15.6. The largest absolute Gasteiger partial charge is 0.480 e. The molecule has 2 aromatic heterocycles. The predicted molar refractivity (Wildman–Crippen MR) is 110 cm³/mol. The summed E-state index contributed by atoms with van der Waals surface area (Å²) in [6.45, 7) is 5.34. The monoisotopic (exact) mass is 398 g/mol. The number of nitrogens with zero attached hydrogens (tertiary/aromatic N) is 3. The van der Waals surface area contributed by atoms with E-state index in [1.54, 1.807) is 18.3 Å². The number of carbonyl (C=O) groups is 1. The van der Waals surface area contributed by atoms with Crippen LogP contribution >= 0.6 is 11.3 Å². The van der Waals surface area contributed by atoms with Gasteiger partial charge in [0.2, 0.25) is 0 Å². The van der Waals surface area contributed by atoms with Gasteiger partial charge in [0.25, 0.3) is 0 Å². The van der Waals surface area contributed by atoms with E-state index in [1.165, 1.54) is 0 Å². The minimum Gasteiger partial charge on any atom is -0.480 e. The molecule has 7 nitrogen and oxygen atoms in total. The van der Waals surface area contributed by atoms with Gasteiger partial charge in [-0.15, -0.1) is 11.3 Å². The molecular weight excluding hydrogens is 376 g/mol. The molecule has 0 radical (unpaired) electrons. The van der Waals surface area contributed by atoms with Crippen LogP contribution in [0.25, 0.3) is 21.3 Å². The Morgan fingerprint density at radius 1 is 1.29 bits per heavy atom. The number of aliphatic carboxylic acids is 1. The molecule has 8 heteroatoms. The Labute approximate surface area is 167 Å². The molecule has 3 heterocycles. The fourth-order valence-electron chi connectivity index (χ4n) is 3.22. The van der Waals surface area contributed by atoms with Crippen molar-refractivity contribution in [3.63, 3.8) is 0 Å². The van der Waals surface area contributed by atoms with Gasteiger partial charge in [-0.3, -0.25) is 9.69 Å². The molecule has 0 unspecified atom stereocenters. The Morgan fingerprint density at radius 2 is 2.04 bits per heavy atom. The second kappa shape index (κ2) is 8.22. The van der Waals surface area contributed by atoms with Crippen molar-refractivity contribution in [3.8, 4) is 11.1 Å². The van der Waals surface area contributed by atoms with Gasteiger partial charge < -0.3 is 15.2 Å². The van der Waals surface area contributed by atoms with Crippen molar-refractivity contribution in [2.45, 2.75) is 19.5 Å². The number of ether oxygens (including phenoxy) is 1. The molecule has 1 atom stereocenters. The van der Waals surface area contributed by atoms with E-state index in [0.717, 1.165) is 34.4 Å². The van der Waals surface area contributed by atoms with Gasteiger partial charge in [0.1, 0.15) is 22.5 Å². The lowest BCUT2D eigenvalue weighted by Gasteiger charge is -2.26. The molecule has 4 rings (SSSR count). The van der Waals surface area contributed by atoms with E-state index in [0.29, 0.717) is 31.4 Å². The van der Waals surface area contributed by atoms with Gasteiger partial charge in [-0.25, -0.2) is 9.97 Å². The molecule has 1 aromatic carbocycles. The van der Waals surface area contributed by atoms with Gasteiger partial charge in [-0.2, -0.15) is 0 Å². The Kier molecular flexibility index (Phi) is 5.52. The molecule has 2 N–H and O–H groups in total. The smallest absolute Gasteiger partial charge is 0.325 e. The van der Waals surface area contributed by atoms with Crippen LogP contribution in [-0.4, -0.2) is 58.3 Å². The van der Waals surface area contributed by atoms with Crippen molar-refractivity contribution < 1.29 is 14.6 Å². The fourth-order valence-corrected chi connectivity index (χ4v) is 4.18. The third-order valence-electron chi connectivity index (χ3n) is 4.76. The molecule has 1 fully saturated rings. The molecule has 1 aliphatic rings. The van der Waals surface area contributed by atoms with Crippen LogP contribution in [-0.2, 0) is 16.1 Å². The number of hydrogen-bond donors (Lipinski definition) is 2. The number of morpholine rings is 1. The molecular formula is C20H22N4O3S. The quantitative estimate of drug-likeness (QED) is 0.660. The highest BCUT2D eigenvalue weighted by atomic mass is 32.1. The number of carboxylic acid groups (broad SMARTS) is 1. The van der Waals surface area contributed by atoms with Crippen molar-refractivity contribution in [2.24, 2.45) is 0 Å². The number of anilines is 1. The lowest BCUT2D eigenvalue weighted by Crippen LogP contribution is -2.36. The summed E-state index contributed by atoms with van der Waals surface area (Å²) in [6, 6.07) is 9.26. The van der Waals surface area contributed by atoms with E-state index in [2.05, 4.69) is 15.6 Å². The van der Waals surface area contributed by atoms with Gasteiger partial charge in [-0.1, -0.05) is 30.3 Å². The van der Waals surface area contributed by atoms with E-state index in [4.69, 9.17) is 14.7 Å². The van der Waals surface area contributed by atoms with Gasteiger partial charge in [-0.05, 0) is 12.5 Å². The number of fused-ring (bicyclic) bond motifs is 1. The van der Waals surface area contributed by atoms with Crippen molar-refractivity contribution in [1.29, 1.82) is 0 Å². The van der Waals surface area contributed by atoms with Crippen molar-refractivity contribution >= 4 is 33.3 Å². The third-order valence-corrected chi connectivity index (χ3v) is 5.63. The fraction of sp³-hybridized carbons (Fsp3) is 0.350. The Bertz CT molecular complexity index is 970. The van der Waals surface area contributed by atoms with Crippen LogP contribution in [0, 0.1) is 0 Å². The highest BCUT2D eigenvalue weighted by Gasteiger charge is 2.20. The Balaban J connectivity index is 1.76. The summed E-state index contributed by atoms with van der Waals surface area (Å²) >= 11 is 1.55. The molecule has 1 aliphatic heterocycles. The topological polar surface area (TPSA) is 87.6 Å². The second-order valence-electron chi connectivity index (χ2n) is 6.78. The number of thiophene rings is 1. The lowest BCUT2D eigenvalue weighted by atomic mass is 10.1. The first-order valence-electron chi connectivity index (χ1n) is 9.25. The minimum atomic E-state index is -0.919. The number of benzene rings is 1. The molecule has 0 saturated carbocycles. The van der Waals surface area contributed by atoms with Crippen LogP contribution < -0.4 is 5.32 Å². The number of hydrogen-bond acceptors (Lipinski definition) is 7. The van der Waals surface area contributed by atoms with Crippen LogP contribution in [0.15, 0.2) is 35.7 Å². The molecule has 1 saturated heterocycles. The molecule has 0 aliphatic carbocycles. The average molecular weight is 398 g/mol. The van der Waals surface area contributed by atoms with Gasteiger partial charge >= 0.3 is 5.97 Å². The summed E-state index contributed by atoms with van der Waals surface area (Å²) in [4.78, 5) is 24.0. The standard InChI is InChI=1S/C20H22N4O3S/c1-13(20(25)26)21-18-17-15(14-5-3-2-4-6-14)12-28-19(17)23-16(22-18)11-24-7-9-27-10-8-24/h2-6,12-13H,7-11H2,1H3,(H,25,26)(H,21,22,23)/t13-/m0/s1. The molecule has 146 valence electrons. The van der Waals surface area contributed by atoms with Crippen molar-refractivity contribution in [3.05, 3.63) is 41.5 Å². The first kappa shape index (κ1) is 18.8. The van der Waals surface area contributed by atoms with Crippen LogP contribution in [0.2, 0.25) is 0 Å². The summed E-state index contributed by atoms with van der Waals surface area (Å²) in [5, 5.41) is 15.4. The highest BCUT2D eigenvalue weighted by molar-refractivity contribution is 7.17. The summed E-state index contributed by atoms with van der Waals surface area (Å²) in [5.74, 6) is 0.345. The van der Waals surface area contributed by atoms with Crippen LogP contribution in [0.5, 0.6) is 0 Å². The Morgan fingerprint density at radius 3 is 2.75 bits per heavy atom. The predicted octanol–water partition coefficient (Wildman–Crippen LogP) is 3.08. The average Bonchev–Trinajstić information content (AvgIpc) is 3.13. The van der Waals surface area contributed by atoms with Crippen molar-refractivity contribution in [2.75, 3.05) is 31.6 Å². The SMILES string of the molecule is C[C@H](Nc1nc(CN2CCOCC2)nc2scc(-c3ccccc3)c12)C(=O)O. The lowest BCUT2D eigenvalue weighted by molar-refractivity contribution is -0.137. The van der Waals surface area contributed by atoms with E-state index < -0.39 is 12.0 Å². The first-order chi connectivity index (χ1) is 13.6. The molecule has 28 heavy (non-hydrogen) atoms. The van der Waals surface area contributed by atoms with Crippen molar-refractivity contribution in [1.82, 2.24) is 14.9 Å². The number of rotatable bonds is 6. The molecule has 3 aromatic rings. The van der Waals surface area contributed by atoms with Gasteiger partial charge in [0, 0.05) is 24.0 Å². The number of nitrogens with one attached hydrogen (secondary N) is 1. The first-order valence-corrected chi connectivity index (χ1v) is 10.1. The number of carboxylic acids is 1. The molecule has 0 bridgehead atoms.